The zero-order valence-corrected chi connectivity index (χ0v) is 14.0. The summed E-state index contributed by atoms with van der Waals surface area (Å²) in [6, 6.07) is 0. The molecule has 3 nitrogen and oxygen atoms in total. The van der Waals surface area contributed by atoms with Crippen LogP contribution in [0.3, 0.4) is 0 Å². The summed E-state index contributed by atoms with van der Waals surface area (Å²) in [7, 11) is 0. The molecule has 0 N–H and O–H groups in total. The third-order valence-electron chi connectivity index (χ3n) is 4.41. The molecular formula is C16H26ClN3. The molecule has 2 heterocycles. The standard InChI is InChI=1S/C16H26ClN3/c1-11(2)13-14(17)18-10-19-15(13)20-8-6-12(7-9-20)16(3,4)5/h10-12H,6-9H2,1-5H3. The molecule has 112 valence electrons. The largest absolute Gasteiger partial charge is 0.356 e. The Morgan fingerprint density at radius 2 is 1.80 bits per heavy atom. The Balaban J connectivity index is 2.17. The summed E-state index contributed by atoms with van der Waals surface area (Å²) in [6.07, 6.45) is 4.03. The van der Waals surface area contributed by atoms with Crippen molar-refractivity contribution in [2.45, 2.75) is 53.4 Å². The predicted octanol–water partition coefficient (Wildman–Crippen LogP) is 4.52. The molecule has 1 fully saturated rings. The molecule has 1 aliphatic heterocycles. The molecule has 0 aliphatic carbocycles. The van der Waals surface area contributed by atoms with Crippen LogP contribution in [0, 0.1) is 11.3 Å². The second-order valence-corrected chi connectivity index (χ2v) is 7.54. The maximum atomic E-state index is 6.27. The van der Waals surface area contributed by atoms with Crippen LogP contribution in [0.4, 0.5) is 5.82 Å². The van der Waals surface area contributed by atoms with Gasteiger partial charge < -0.3 is 4.90 Å². The summed E-state index contributed by atoms with van der Waals surface area (Å²) < 4.78 is 0. The van der Waals surface area contributed by atoms with Crippen LogP contribution in [0.5, 0.6) is 0 Å². The van der Waals surface area contributed by atoms with Crippen molar-refractivity contribution in [2.24, 2.45) is 11.3 Å². The Hall–Kier alpha value is -0.830. The van der Waals surface area contributed by atoms with Crippen LogP contribution in [0.2, 0.25) is 5.15 Å². The maximum absolute atomic E-state index is 6.27. The first-order valence-electron chi connectivity index (χ1n) is 7.56. The van der Waals surface area contributed by atoms with Gasteiger partial charge in [0.25, 0.3) is 0 Å². The van der Waals surface area contributed by atoms with E-state index in [0.717, 1.165) is 30.4 Å². The zero-order chi connectivity index (χ0) is 14.9. The minimum Gasteiger partial charge on any atom is -0.356 e. The van der Waals surface area contributed by atoms with Crippen LogP contribution in [0.15, 0.2) is 6.33 Å². The normalized spacial score (nSPS) is 17.9. The van der Waals surface area contributed by atoms with Crippen LogP contribution in [-0.4, -0.2) is 23.1 Å². The molecule has 0 atom stereocenters. The van der Waals surface area contributed by atoms with E-state index in [9.17, 15) is 0 Å². The van der Waals surface area contributed by atoms with E-state index >= 15 is 0 Å². The van der Waals surface area contributed by atoms with E-state index in [1.165, 1.54) is 12.8 Å². The first-order chi connectivity index (χ1) is 9.30. The molecular weight excluding hydrogens is 270 g/mol. The van der Waals surface area contributed by atoms with Crippen LogP contribution < -0.4 is 4.90 Å². The fourth-order valence-corrected chi connectivity index (χ4v) is 3.42. The van der Waals surface area contributed by atoms with Gasteiger partial charge in [0.1, 0.15) is 17.3 Å². The molecule has 0 saturated carbocycles. The number of hydrogen-bond acceptors (Lipinski definition) is 3. The maximum Gasteiger partial charge on any atom is 0.138 e. The van der Waals surface area contributed by atoms with E-state index in [0.29, 0.717) is 16.5 Å². The Labute approximate surface area is 127 Å². The fourth-order valence-electron chi connectivity index (χ4n) is 3.07. The number of anilines is 1. The predicted molar refractivity (Wildman–Crippen MR) is 85.5 cm³/mol. The number of aromatic nitrogens is 2. The van der Waals surface area contributed by atoms with Gasteiger partial charge in [0.2, 0.25) is 0 Å². The molecule has 20 heavy (non-hydrogen) atoms. The molecule has 0 bridgehead atoms. The van der Waals surface area contributed by atoms with Gasteiger partial charge in [-0.2, -0.15) is 0 Å². The SMILES string of the molecule is CC(C)c1c(Cl)ncnc1N1CCC(C(C)(C)C)CC1. The van der Waals surface area contributed by atoms with Crippen molar-refractivity contribution in [1.82, 2.24) is 9.97 Å². The van der Waals surface area contributed by atoms with Gasteiger partial charge in [0, 0.05) is 18.7 Å². The first kappa shape index (κ1) is 15.6. The minimum absolute atomic E-state index is 0.346. The Morgan fingerprint density at radius 1 is 1.20 bits per heavy atom. The number of piperidine rings is 1. The van der Waals surface area contributed by atoms with Gasteiger partial charge in [-0.15, -0.1) is 0 Å². The van der Waals surface area contributed by atoms with Crippen molar-refractivity contribution in [3.8, 4) is 0 Å². The van der Waals surface area contributed by atoms with Gasteiger partial charge >= 0.3 is 0 Å². The van der Waals surface area contributed by atoms with Gasteiger partial charge in [-0.1, -0.05) is 46.2 Å². The molecule has 0 amide bonds. The second-order valence-electron chi connectivity index (χ2n) is 7.18. The Kier molecular flexibility index (Phi) is 4.58. The van der Waals surface area contributed by atoms with Gasteiger partial charge in [-0.25, -0.2) is 9.97 Å². The van der Waals surface area contributed by atoms with E-state index < -0.39 is 0 Å². The van der Waals surface area contributed by atoms with E-state index in [4.69, 9.17) is 11.6 Å². The quantitative estimate of drug-likeness (QED) is 0.751. The number of halogens is 1. The van der Waals surface area contributed by atoms with Gasteiger partial charge in [0.05, 0.1) is 0 Å². The summed E-state index contributed by atoms with van der Waals surface area (Å²) >= 11 is 6.27. The summed E-state index contributed by atoms with van der Waals surface area (Å²) in [5, 5.41) is 0.600. The fraction of sp³-hybridized carbons (Fsp3) is 0.750. The van der Waals surface area contributed by atoms with Crippen molar-refractivity contribution < 1.29 is 0 Å². The Morgan fingerprint density at radius 3 is 2.30 bits per heavy atom. The minimum atomic E-state index is 0.346. The molecule has 0 spiro atoms. The summed E-state index contributed by atoms with van der Waals surface area (Å²) in [4.78, 5) is 11.0. The average Bonchev–Trinajstić information content (AvgIpc) is 2.37. The molecule has 0 unspecified atom stereocenters. The first-order valence-corrected chi connectivity index (χ1v) is 7.94. The van der Waals surface area contributed by atoms with Crippen LogP contribution in [0.25, 0.3) is 0 Å². The van der Waals surface area contributed by atoms with Crippen molar-refractivity contribution >= 4 is 17.4 Å². The van der Waals surface area contributed by atoms with E-state index in [-0.39, 0.29) is 0 Å². The highest BCUT2D eigenvalue weighted by Crippen LogP contribution is 2.37. The molecule has 1 aliphatic rings. The lowest BCUT2D eigenvalue weighted by molar-refractivity contribution is 0.198. The summed E-state index contributed by atoms with van der Waals surface area (Å²) in [5.74, 6) is 2.17. The van der Waals surface area contributed by atoms with Gasteiger partial charge in [-0.3, -0.25) is 0 Å². The van der Waals surface area contributed by atoms with Gasteiger partial charge in [0.15, 0.2) is 0 Å². The monoisotopic (exact) mass is 295 g/mol. The highest BCUT2D eigenvalue weighted by molar-refractivity contribution is 6.30. The number of hydrogen-bond donors (Lipinski definition) is 0. The van der Waals surface area contributed by atoms with Crippen LogP contribution in [-0.2, 0) is 0 Å². The third kappa shape index (κ3) is 3.25. The number of nitrogens with zero attached hydrogens (tertiary/aromatic N) is 3. The smallest absolute Gasteiger partial charge is 0.138 e. The van der Waals surface area contributed by atoms with Crippen LogP contribution in [0.1, 0.15) is 58.9 Å². The lowest BCUT2D eigenvalue weighted by Crippen LogP contribution is -2.39. The molecule has 0 aromatic carbocycles. The molecule has 2 rings (SSSR count). The molecule has 1 aromatic heterocycles. The third-order valence-corrected chi connectivity index (χ3v) is 4.71. The van der Waals surface area contributed by atoms with E-state index in [1.54, 1.807) is 6.33 Å². The van der Waals surface area contributed by atoms with E-state index in [2.05, 4.69) is 49.5 Å². The lowest BCUT2D eigenvalue weighted by Gasteiger charge is -2.40. The molecule has 4 heteroatoms. The lowest BCUT2D eigenvalue weighted by atomic mass is 9.75. The van der Waals surface area contributed by atoms with Crippen molar-refractivity contribution in [1.29, 1.82) is 0 Å². The topological polar surface area (TPSA) is 29.0 Å². The molecule has 1 saturated heterocycles. The van der Waals surface area contributed by atoms with Crippen molar-refractivity contribution in [3.05, 3.63) is 17.0 Å². The average molecular weight is 296 g/mol. The second kappa shape index (κ2) is 5.88. The highest BCUT2D eigenvalue weighted by Gasteiger charge is 2.30. The Bertz CT molecular complexity index is 457. The number of rotatable bonds is 2. The summed E-state index contributed by atoms with van der Waals surface area (Å²) in [6.45, 7) is 13.5. The zero-order valence-electron chi connectivity index (χ0n) is 13.3. The highest BCUT2D eigenvalue weighted by atomic mass is 35.5. The van der Waals surface area contributed by atoms with E-state index in [1.807, 2.05) is 0 Å². The van der Waals surface area contributed by atoms with Crippen molar-refractivity contribution in [3.63, 3.8) is 0 Å². The molecule has 1 aromatic rings. The summed E-state index contributed by atoms with van der Waals surface area (Å²) in [5.41, 5.74) is 1.49. The van der Waals surface area contributed by atoms with Gasteiger partial charge in [-0.05, 0) is 30.1 Å². The van der Waals surface area contributed by atoms with Crippen molar-refractivity contribution in [2.75, 3.05) is 18.0 Å². The van der Waals surface area contributed by atoms with Crippen LogP contribution >= 0.6 is 11.6 Å². The molecule has 0 radical (unpaired) electrons.